The van der Waals surface area contributed by atoms with Crippen molar-refractivity contribution in [2.24, 2.45) is 0 Å². The standard InChI is InChI=1S/C11H12BrN3/c1-8-6-9(12)2-3-10(8)15-7-11-13-4-5-14-11/h2-6,15H,7H2,1H3,(H,13,14). The lowest BCUT2D eigenvalue weighted by Gasteiger charge is -2.08. The Morgan fingerprint density at radius 3 is 3.00 bits per heavy atom. The molecule has 4 heteroatoms. The van der Waals surface area contributed by atoms with E-state index in [4.69, 9.17) is 0 Å². The Hall–Kier alpha value is -1.29. The van der Waals surface area contributed by atoms with Crippen LogP contribution < -0.4 is 5.32 Å². The van der Waals surface area contributed by atoms with Gasteiger partial charge >= 0.3 is 0 Å². The van der Waals surface area contributed by atoms with Crippen molar-refractivity contribution >= 4 is 21.6 Å². The van der Waals surface area contributed by atoms with Crippen LogP contribution in [0.4, 0.5) is 5.69 Å². The molecule has 1 aromatic heterocycles. The molecular formula is C11H12BrN3. The lowest BCUT2D eigenvalue weighted by Crippen LogP contribution is -2.02. The summed E-state index contributed by atoms with van der Waals surface area (Å²) in [5.74, 6) is 0.942. The number of H-pyrrole nitrogens is 1. The lowest BCUT2D eigenvalue weighted by atomic mass is 10.2. The van der Waals surface area contributed by atoms with E-state index in [0.29, 0.717) is 0 Å². The number of nitrogens with one attached hydrogen (secondary N) is 2. The van der Waals surface area contributed by atoms with E-state index >= 15 is 0 Å². The first-order valence-corrected chi connectivity index (χ1v) is 5.53. The Bertz CT molecular complexity index is 437. The minimum Gasteiger partial charge on any atom is -0.378 e. The van der Waals surface area contributed by atoms with Crippen molar-refractivity contribution in [1.82, 2.24) is 9.97 Å². The zero-order chi connectivity index (χ0) is 10.7. The number of aromatic amines is 1. The number of aromatic nitrogens is 2. The number of hydrogen-bond acceptors (Lipinski definition) is 2. The van der Waals surface area contributed by atoms with Crippen LogP contribution in [0.5, 0.6) is 0 Å². The molecule has 1 heterocycles. The van der Waals surface area contributed by atoms with Gasteiger partial charge < -0.3 is 10.3 Å². The van der Waals surface area contributed by atoms with Crippen molar-refractivity contribution in [2.45, 2.75) is 13.5 Å². The van der Waals surface area contributed by atoms with Crippen LogP contribution in [0, 0.1) is 6.92 Å². The summed E-state index contributed by atoms with van der Waals surface area (Å²) in [6.45, 7) is 2.80. The summed E-state index contributed by atoms with van der Waals surface area (Å²) in [4.78, 5) is 7.21. The SMILES string of the molecule is Cc1cc(Br)ccc1NCc1ncc[nH]1. The van der Waals surface area contributed by atoms with Crippen LogP contribution in [-0.4, -0.2) is 9.97 Å². The molecule has 0 saturated carbocycles. The van der Waals surface area contributed by atoms with Crippen LogP contribution >= 0.6 is 15.9 Å². The molecule has 0 aliphatic heterocycles. The van der Waals surface area contributed by atoms with Gasteiger partial charge in [0.15, 0.2) is 0 Å². The van der Waals surface area contributed by atoms with E-state index in [-0.39, 0.29) is 0 Å². The predicted molar refractivity (Wildman–Crippen MR) is 64.8 cm³/mol. The van der Waals surface area contributed by atoms with Crippen LogP contribution in [0.15, 0.2) is 35.1 Å². The van der Waals surface area contributed by atoms with Crippen LogP contribution in [0.1, 0.15) is 11.4 Å². The van der Waals surface area contributed by atoms with Gasteiger partial charge in [-0.3, -0.25) is 0 Å². The summed E-state index contributed by atoms with van der Waals surface area (Å²) in [6.07, 6.45) is 3.58. The summed E-state index contributed by atoms with van der Waals surface area (Å²) < 4.78 is 1.10. The van der Waals surface area contributed by atoms with E-state index in [1.54, 1.807) is 6.20 Å². The maximum atomic E-state index is 4.15. The van der Waals surface area contributed by atoms with E-state index in [1.807, 2.05) is 12.3 Å². The van der Waals surface area contributed by atoms with Crippen LogP contribution in [0.3, 0.4) is 0 Å². The molecule has 0 spiro atoms. The van der Waals surface area contributed by atoms with Crippen molar-refractivity contribution in [2.75, 3.05) is 5.32 Å². The van der Waals surface area contributed by atoms with Gasteiger partial charge in [0.05, 0.1) is 6.54 Å². The summed E-state index contributed by atoms with van der Waals surface area (Å²) >= 11 is 3.44. The monoisotopic (exact) mass is 265 g/mol. The average molecular weight is 266 g/mol. The van der Waals surface area contributed by atoms with E-state index in [0.717, 1.165) is 22.5 Å². The van der Waals surface area contributed by atoms with Crippen LogP contribution in [0.2, 0.25) is 0 Å². The number of rotatable bonds is 3. The maximum absolute atomic E-state index is 4.15. The highest BCUT2D eigenvalue weighted by molar-refractivity contribution is 9.10. The van der Waals surface area contributed by atoms with Gasteiger partial charge in [-0.15, -0.1) is 0 Å². The minimum absolute atomic E-state index is 0.718. The predicted octanol–water partition coefficient (Wildman–Crippen LogP) is 3.09. The molecule has 0 fully saturated rings. The first kappa shape index (κ1) is 10.2. The van der Waals surface area contributed by atoms with Gasteiger partial charge in [0.25, 0.3) is 0 Å². The van der Waals surface area contributed by atoms with Crippen molar-refractivity contribution in [1.29, 1.82) is 0 Å². The molecule has 0 aliphatic carbocycles. The molecule has 2 N–H and O–H groups in total. The first-order valence-electron chi connectivity index (χ1n) is 4.74. The number of anilines is 1. The number of benzene rings is 1. The smallest absolute Gasteiger partial charge is 0.125 e. The fourth-order valence-corrected chi connectivity index (χ4v) is 1.87. The molecule has 15 heavy (non-hydrogen) atoms. The molecule has 0 atom stereocenters. The van der Waals surface area contributed by atoms with Gasteiger partial charge in [0, 0.05) is 22.6 Å². The second kappa shape index (κ2) is 4.49. The van der Waals surface area contributed by atoms with E-state index in [1.165, 1.54) is 5.56 Å². The number of halogens is 1. The molecule has 2 rings (SSSR count). The number of imidazole rings is 1. The number of aryl methyl sites for hydroxylation is 1. The van der Waals surface area contributed by atoms with Crippen LogP contribution in [0.25, 0.3) is 0 Å². The molecule has 1 aromatic carbocycles. The summed E-state index contributed by atoms with van der Waals surface area (Å²) in [6, 6.07) is 6.17. The van der Waals surface area contributed by atoms with Gasteiger partial charge in [-0.25, -0.2) is 4.98 Å². The van der Waals surface area contributed by atoms with Gasteiger partial charge in [-0.1, -0.05) is 15.9 Å². The molecule has 0 radical (unpaired) electrons. The first-order chi connectivity index (χ1) is 7.25. The highest BCUT2D eigenvalue weighted by atomic mass is 79.9. The summed E-state index contributed by atoms with van der Waals surface area (Å²) in [5, 5.41) is 3.33. The van der Waals surface area contributed by atoms with E-state index < -0.39 is 0 Å². The van der Waals surface area contributed by atoms with Crippen molar-refractivity contribution in [3.63, 3.8) is 0 Å². The number of nitrogens with zero attached hydrogens (tertiary/aromatic N) is 1. The zero-order valence-electron chi connectivity index (χ0n) is 8.42. The van der Waals surface area contributed by atoms with Crippen molar-refractivity contribution in [3.05, 3.63) is 46.5 Å². The third-order valence-corrected chi connectivity index (χ3v) is 2.68. The third-order valence-electron chi connectivity index (χ3n) is 2.19. The van der Waals surface area contributed by atoms with E-state index in [2.05, 4.69) is 50.3 Å². The molecule has 2 aromatic rings. The Morgan fingerprint density at radius 2 is 2.33 bits per heavy atom. The largest absolute Gasteiger partial charge is 0.378 e. The lowest BCUT2D eigenvalue weighted by molar-refractivity contribution is 0.997. The molecule has 0 unspecified atom stereocenters. The number of hydrogen-bond donors (Lipinski definition) is 2. The van der Waals surface area contributed by atoms with Crippen molar-refractivity contribution in [3.8, 4) is 0 Å². The zero-order valence-corrected chi connectivity index (χ0v) is 10.0. The Balaban J connectivity index is 2.05. The molecule has 0 bridgehead atoms. The molecular weight excluding hydrogens is 254 g/mol. The Morgan fingerprint density at radius 1 is 1.47 bits per heavy atom. The second-order valence-corrected chi connectivity index (χ2v) is 4.26. The highest BCUT2D eigenvalue weighted by Gasteiger charge is 1.99. The van der Waals surface area contributed by atoms with Gasteiger partial charge in [-0.2, -0.15) is 0 Å². The molecule has 0 amide bonds. The fraction of sp³-hybridized carbons (Fsp3) is 0.182. The highest BCUT2D eigenvalue weighted by Crippen LogP contribution is 2.20. The van der Waals surface area contributed by atoms with Gasteiger partial charge in [0.1, 0.15) is 5.82 Å². The Kier molecular flexibility index (Phi) is 3.06. The normalized spacial score (nSPS) is 10.3. The average Bonchev–Trinajstić information content (AvgIpc) is 2.69. The minimum atomic E-state index is 0.718. The van der Waals surface area contributed by atoms with E-state index in [9.17, 15) is 0 Å². The fourth-order valence-electron chi connectivity index (χ4n) is 1.40. The summed E-state index contributed by atoms with van der Waals surface area (Å²) in [7, 11) is 0. The quantitative estimate of drug-likeness (QED) is 0.896. The molecule has 78 valence electrons. The topological polar surface area (TPSA) is 40.7 Å². The van der Waals surface area contributed by atoms with Crippen LogP contribution in [-0.2, 0) is 6.54 Å². The maximum Gasteiger partial charge on any atom is 0.125 e. The molecule has 0 aliphatic rings. The third kappa shape index (κ3) is 2.59. The Labute approximate surface area is 97.1 Å². The van der Waals surface area contributed by atoms with Crippen molar-refractivity contribution < 1.29 is 0 Å². The second-order valence-electron chi connectivity index (χ2n) is 3.35. The van der Waals surface area contributed by atoms with Gasteiger partial charge in [0.2, 0.25) is 0 Å². The molecule has 0 saturated heterocycles. The summed E-state index contributed by atoms with van der Waals surface area (Å²) in [5.41, 5.74) is 2.35. The molecule has 3 nitrogen and oxygen atoms in total. The van der Waals surface area contributed by atoms with Gasteiger partial charge in [-0.05, 0) is 30.7 Å².